The maximum atomic E-state index is 4.68. The molecule has 130 valence electrons. The number of pyridine rings is 2. The Morgan fingerprint density at radius 1 is 0.769 bits per heavy atom. The van der Waals surface area contributed by atoms with E-state index in [1.54, 1.807) is 23.5 Å². The molecule has 4 rings (SSSR count). The summed E-state index contributed by atoms with van der Waals surface area (Å²) in [5.74, 6) is 1.03. The molecule has 4 aromatic rings. The molecular weight excluding hydrogens is 376 g/mol. The average molecular weight is 395 g/mol. The zero-order valence-electron chi connectivity index (χ0n) is 14.6. The third kappa shape index (κ3) is 3.31. The van der Waals surface area contributed by atoms with Crippen LogP contribution < -0.4 is 0 Å². The van der Waals surface area contributed by atoms with Gasteiger partial charge in [-0.2, -0.15) is 0 Å². The molecule has 2 aromatic carbocycles. The molecule has 2 heterocycles. The van der Waals surface area contributed by atoms with Crippen molar-refractivity contribution in [1.82, 2.24) is 9.97 Å². The SMILES string of the molecule is CCSc1c(Sc2cnc3ccccc3c2SC)cnc2ccccc12. The Balaban J connectivity index is 1.85. The van der Waals surface area contributed by atoms with Crippen molar-refractivity contribution in [3.63, 3.8) is 0 Å². The standard InChI is InChI=1S/C21H18N2S3/c1-3-25-21-15-9-5-7-11-17(15)23-13-19(21)26-18-12-22-16-10-6-4-8-14(16)20(18)24-2/h4-13H,3H2,1-2H3. The second-order valence-corrected chi connectivity index (χ2v) is 8.85. The third-order valence-electron chi connectivity index (χ3n) is 4.10. The molecule has 0 spiro atoms. The van der Waals surface area contributed by atoms with Crippen LogP contribution in [0.4, 0.5) is 0 Å². The summed E-state index contributed by atoms with van der Waals surface area (Å²) in [5.41, 5.74) is 2.09. The summed E-state index contributed by atoms with van der Waals surface area (Å²) in [6.45, 7) is 2.19. The van der Waals surface area contributed by atoms with Crippen LogP contribution in [0.3, 0.4) is 0 Å². The fraction of sp³-hybridized carbons (Fsp3) is 0.143. The van der Waals surface area contributed by atoms with Crippen molar-refractivity contribution in [3.8, 4) is 0 Å². The molecule has 0 aliphatic rings. The molecule has 0 bridgehead atoms. The smallest absolute Gasteiger partial charge is 0.0714 e. The lowest BCUT2D eigenvalue weighted by Crippen LogP contribution is -1.90. The number of nitrogens with zero attached hydrogens (tertiary/aromatic N) is 2. The fourth-order valence-corrected chi connectivity index (χ4v) is 5.95. The van der Waals surface area contributed by atoms with E-state index in [4.69, 9.17) is 0 Å². The highest BCUT2D eigenvalue weighted by Gasteiger charge is 2.14. The van der Waals surface area contributed by atoms with Crippen molar-refractivity contribution in [2.45, 2.75) is 26.5 Å². The lowest BCUT2D eigenvalue weighted by Gasteiger charge is -2.14. The Labute approximate surface area is 166 Å². The minimum Gasteiger partial charge on any atom is -0.255 e. The molecule has 0 radical (unpaired) electrons. The number of rotatable bonds is 5. The van der Waals surface area contributed by atoms with E-state index in [9.17, 15) is 0 Å². The molecular formula is C21H18N2S3. The molecule has 0 fully saturated rings. The summed E-state index contributed by atoms with van der Waals surface area (Å²) in [4.78, 5) is 14.3. The summed E-state index contributed by atoms with van der Waals surface area (Å²) in [7, 11) is 0. The first-order valence-corrected chi connectivity index (χ1v) is 11.4. The normalized spacial score (nSPS) is 11.3. The zero-order chi connectivity index (χ0) is 17.9. The van der Waals surface area contributed by atoms with Crippen molar-refractivity contribution in [1.29, 1.82) is 0 Å². The maximum absolute atomic E-state index is 4.68. The summed E-state index contributed by atoms with van der Waals surface area (Å²) in [6, 6.07) is 16.7. The van der Waals surface area contributed by atoms with Gasteiger partial charge in [-0.25, -0.2) is 0 Å². The van der Waals surface area contributed by atoms with Crippen LogP contribution in [-0.4, -0.2) is 22.0 Å². The molecule has 0 saturated carbocycles. The summed E-state index contributed by atoms with van der Waals surface area (Å²) in [6.07, 6.45) is 6.13. The predicted molar refractivity (Wildman–Crippen MR) is 116 cm³/mol. The van der Waals surface area contributed by atoms with Crippen LogP contribution in [0.5, 0.6) is 0 Å². The van der Waals surface area contributed by atoms with Crippen molar-refractivity contribution >= 4 is 57.1 Å². The molecule has 2 nitrogen and oxygen atoms in total. The van der Waals surface area contributed by atoms with E-state index in [0.29, 0.717) is 0 Å². The van der Waals surface area contributed by atoms with E-state index in [2.05, 4.69) is 59.5 Å². The van der Waals surface area contributed by atoms with Crippen molar-refractivity contribution in [3.05, 3.63) is 60.9 Å². The van der Waals surface area contributed by atoms with Gasteiger partial charge in [0.1, 0.15) is 0 Å². The predicted octanol–water partition coefficient (Wildman–Crippen LogP) is 6.77. The number of thioether (sulfide) groups is 2. The number of aromatic nitrogens is 2. The molecule has 0 amide bonds. The van der Waals surface area contributed by atoms with E-state index < -0.39 is 0 Å². The largest absolute Gasteiger partial charge is 0.255 e. The minimum absolute atomic E-state index is 1.03. The van der Waals surface area contributed by atoms with Gasteiger partial charge in [-0.1, -0.05) is 55.1 Å². The van der Waals surface area contributed by atoms with E-state index in [1.807, 2.05) is 36.3 Å². The van der Waals surface area contributed by atoms with Gasteiger partial charge < -0.3 is 0 Å². The molecule has 0 aliphatic carbocycles. The van der Waals surface area contributed by atoms with E-state index in [1.165, 1.54) is 30.4 Å². The molecule has 5 heteroatoms. The number of fused-ring (bicyclic) bond motifs is 2. The molecule has 0 unspecified atom stereocenters. The van der Waals surface area contributed by atoms with Gasteiger partial charge in [0.15, 0.2) is 0 Å². The van der Waals surface area contributed by atoms with Crippen LogP contribution in [0, 0.1) is 0 Å². The van der Waals surface area contributed by atoms with Gasteiger partial charge in [0.2, 0.25) is 0 Å². The van der Waals surface area contributed by atoms with Crippen LogP contribution >= 0.6 is 35.3 Å². The first-order chi connectivity index (χ1) is 12.8. The van der Waals surface area contributed by atoms with Crippen molar-refractivity contribution in [2.75, 3.05) is 12.0 Å². The van der Waals surface area contributed by atoms with Gasteiger partial charge >= 0.3 is 0 Å². The van der Waals surface area contributed by atoms with Crippen molar-refractivity contribution < 1.29 is 0 Å². The Kier molecular flexibility index (Phi) is 5.38. The Morgan fingerprint density at radius 2 is 1.31 bits per heavy atom. The molecule has 0 atom stereocenters. The van der Waals surface area contributed by atoms with Gasteiger partial charge in [-0.15, -0.1) is 23.5 Å². The molecule has 26 heavy (non-hydrogen) atoms. The summed E-state index contributed by atoms with van der Waals surface area (Å²) < 4.78 is 0. The lowest BCUT2D eigenvalue weighted by atomic mass is 10.2. The topological polar surface area (TPSA) is 25.8 Å². The maximum Gasteiger partial charge on any atom is 0.0714 e. The molecule has 0 N–H and O–H groups in total. The van der Waals surface area contributed by atoms with Crippen LogP contribution in [-0.2, 0) is 0 Å². The van der Waals surface area contributed by atoms with Gasteiger partial charge in [-0.05, 0) is 24.1 Å². The van der Waals surface area contributed by atoms with Gasteiger partial charge in [0.25, 0.3) is 0 Å². The lowest BCUT2D eigenvalue weighted by molar-refractivity contribution is 1.16. The summed E-state index contributed by atoms with van der Waals surface area (Å²) in [5, 5.41) is 2.44. The van der Waals surface area contributed by atoms with Crippen LogP contribution in [0.2, 0.25) is 0 Å². The van der Waals surface area contributed by atoms with Crippen LogP contribution in [0.1, 0.15) is 6.92 Å². The Hall–Kier alpha value is -1.69. The van der Waals surface area contributed by atoms with E-state index >= 15 is 0 Å². The zero-order valence-corrected chi connectivity index (χ0v) is 17.0. The highest BCUT2D eigenvalue weighted by molar-refractivity contribution is 8.03. The monoisotopic (exact) mass is 394 g/mol. The first kappa shape index (κ1) is 17.7. The number of hydrogen-bond donors (Lipinski definition) is 0. The quantitative estimate of drug-likeness (QED) is 0.348. The average Bonchev–Trinajstić information content (AvgIpc) is 2.69. The first-order valence-electron chi connectivity index (χ1n) is 8.42. The second kappa shape index (κ2) is 7.91. The highest BCUT2D eigenvalue weighted by Crippen LogP contribution is 2.43. The van der Waals surface area contributed by atoms with Gasteiger partial charge in [-0.3, -0.25) is 9.97 Å². The van der Waals surface area contributed by atoms with E-state index in [0.717, 1.165) is 16.8 Å². The molecule has 2 aromatic heterocycles. The second-order valence-electron chi connectivity index (χ2n) is 5.68. The minimum atomic E-state index is 1.03. The van der Waals surface area contributed by atoms with Crippen LogP contribution in [0.25, 0.3) is 21.8 Å². The van der Waals surface area contributed by atoms with Crippen molar-refractivity contribution in [2.24, 2.45) is 0 Å². The fourth-order valence-electron chi connectivity index (χ4n) is 2.96. The molecule has 0 aliphatic heterocycles. The summed E-state index contributed by atoms with van der Waals surface area (Å²) >= 11 is 5.43. The van der Waals surface area contributed by atoms with E-state index in [-0.39, 0.29) is 0 Å². The Morgan fingerprint density at radius 3 is 1.88 bits per heavy atom. The Bertz CT molecular complexity index is 1080. The third-order valence-corrected chi connectivity index (χ3v) is 7.28. The highest BCUT2D eigenvalue weighted by atomic mass is 32.2. The van der Waals surface area contributed by atoms with Crippen LogP contribution in [0.15, 0.2) is 80.5 Å². The van der Waals surface area contributed by atoms with Gasteiger partial charge in [0.05, 0.1) is 11.0 Å². The number of hydrogen-bond acceptors (Lipinski definition) is 5. The molecule has 0 saturated heterocycles. The number of para-hydroxylation sites is 2. The van der Waals surface area contributed by atoms with Gasteiger partial charge in [0, 0.05) is 42.7 Å². The number of benzene rings is 2.